The van der Waals surface area contributed by atoms with E-state index in [0.29, 0.717) is 41.3 Å². The molecule has 1 saturated heterocycles. The van der Waals surface area contributed by atoms with Gasteiger partial charge >= 0.3 is 0 Å². The molecule has 7 heteroatoms. The van der Waals surface area contributed by atoms with Crippen LogP contribution in [0.15, 0.2) is 53.5 Å². The Labute approximate surface area is 166 Å². The lowest BCUT2D eigenvalue weighted by Crippen LogP contribution is -2.40. The predicted molar refractivity (Wildman–Crippen MR) is 108 cm³/mol. The molecular formula is C20H19Cl2N3O2. The molecule has 1 aromatic carbocycles. The zero-order valence-electron chi connectivity index (χ0n) is 14.6. The largest absolute Gasteiger partial charge is 0.381 e. The van der Waals surface area contributed by atoms with Crippen LogP contribution in [0.25, 0.3) is 5.65 Å². The number of fused-ring (bicyclic) bond motifs is 1. The second-order valence-electron chi connectivity index (χ2n) is 6.78. The van der Waals surface area contributed by atoms with Crippen molar-refractivity contribution in [1.29, 1.82) is 0 Å². The topological polar surface area (TPSA) is 55.6 Å². The van der Waals surface area contributed by atoms with Gasteiger partial charge in [0.15, 0.2) is 0 Å². The second kappa shape index (κ2) is 7.50. The van der Waals surface area contributed by atoms with Crippen LogP contribution in [0, 0.1) is 0 Å². The van der Waals surface area contributed by atoms with Crippen molar-refractivity contribution in [2.75, 3.05) is 25.1 Å². The number of ether oxygens (including phenoxy) is 1. The third-order valence-corrected chi connectivity index (χ3v) is 5.68. The van der Waals surface area contributed by atoms with E-state index < -0.39 is 0 Å². The second-order valence-corrected chi connectivity index (χ2v) is 7.62. The Kier molecular flexibility index (Phi) is 5.08. The van der Waals surface area contributed by atoms with E-state index in [1.807, 2.05) is 30.3 Å². The van der Waals surface area contributed by atoms with Gasteiger partial charge in [0.2, 0.25) is 0 Å². The van der Waals surface area contributed by atoms with E-state index in [-0.39, 0.29) is 11.0 Å². The molecule has 3 heterocycles. The maximum absolute atomic E-state index is 12.3. The van der Waals surface area contributed by atoms with Crippen LogP contribution >= 0.6 is 23.2 Å². The first-order valence-corrected chi connectivity index (χ1v) is 9.59. The first-order valence-electron chi connectivity index (χ1n) is 8.83. The zero-order chi connectivity index (χ0) is 18.9. The normalized spacial score (nSPS) is 16.4. The van der Waals surface area contributed by atoms with Crippen LogP contribution in [0.4, 0.5) is 5.82 Å². The number of rotatable bonds is 4. The molecule has 0 spiro atoms. The van der Waals surface area contributed by atoms with Crippen LogP contribution in [0.2, 0.25) is 10.0 Å². The van der Waals surface area contributed by atoms with Gasteiger partial charge in [0.05, 0.1) is 0 Å². The van der Waals surface area contributed by atoms with Gasteiger partial charge in [-0.15, -0.1) is 0 Å². The first kappa shape index (κ1) is 18.3. The lowest BCUT2D eigenvalue weighted by Gasteiger charge is -2.38. The maximum Gasteiger partial charge on any atom is 0.259 e. The Hall–Kier alpha value is -2.08. The highest BCUT2D eigenvalue weighted by Crippen LogP contribution is 2.39. The minimum Gasteiger partial charge on any atom is -0.381 e. The number of aromatic nitrogens is 2. The van der Waals surface area contributed by atoms with Crippen molar-refractivity contribution in [3.8, 4) is 0 Å². The summed E-state index contributed by atoms with van der Waals surface area (Å²) in [5.74, 6) is 0.558. The summed E-state index contributed by atoms with van der Waals surface area (Å²) < 4.78 is 7.09. The molecule has 1 aliphatic rings. The van der Waals surface area contributed by atoms with Crippen LogP contribution < -0.4 is 10.9 Å². The molecule has 1 aliphatic heterocycles. The van der Waals surface area contributed by atoms with E-state index in [4.69, 9.17) is 27.9 Å². The number of hydrogen-bond acceptors (Lipinski definition) is 4. The fraction of sp³-hybridized carbons (Fsp3) is 0.300. The van der Waals surface area contributed by atoms with E-state index in [0.717, 1.165) is 18.4 Å². The molecule has 0 amide bonds. The molecule has 0 atom stereocenters. The smallest absolute Gasteiger partial charge is 0.259 e. The van der Waals surface area contributed by atoms with Gasteiger partial charge in [-0.2, -0.15) is 0 Å². The van der Waals surface area contributed by atoms with Crippen molar-refractivity contribution < 1.29 is 4.74 Å². The number of pyridine rings is 1. The molecule has 5 nitrogen and oxygen atoms in total. The van der Waals surface area contributed by atoms with E-state index in [2.05, 4.69) is 10.3 Å². The van der Waals surface area contributed by atoms with Crippen molar-refractivity contribution in [2.45, 2.75) is 18.3 Å². The van der Waals surface area contributed by atoms with Crippen molar-refractivity contribution in [3.63, 3.8) is 0 Å². The molecule has 2 aromatic heterocycles. The van der Waals surface area contributed by atoms with Crippen LogP contribution in [0.3, 0.4) is 0 Å². The average Bonchev–Trinajstić information content (AvgIpc) is 2.67. The molecule has 0 unspecified atom stereocenters. The molecule has 0 aliphatic carbocycles. The number of benzene rings is 1. The van der Waals surface area contributed by atoms with E-state index in [1.165, 1.54) is 10.5 Å². The van der Waals surface area contributed by atoms with E-state index >= 15 is 0 Å². The van der Waals surface area contributed by atoms with Gasteiger partial charge in [-0.25, -0.2) is 4.98 Å². The minimum atomic E-state index is -0.205. The molecule has 1 fully saturated rings. The van der Waals surface area contributed by atoms with Crippen LogP contribution in [0.5, 0.6) is 0 Å². The van der Waals surface area contributed by atoms with Crippen LogP contribution in [-0.2, 0) is 10.2 Å². The van der Waals surface area contributed by atoms with Gasteiger partial charge in [0.25, 0.3) is 5.56 Å². The van der Waals surface area contributed by atoms with Crippen molar-refractivity contribution in [3.05, 3.63) is 74.6 Å². The predicted octanol–water partition coefficient (Wildman–Crippen LogP) is 4.16. The molecule has 0 bridgehead atoms. The minimum absolute atomic E-state index is 0.117. The molecular weight excluding hydrogens is 385 g/mol. The third-order valence-electron chi connectivity index (χ3n) is 5.13. The number of halogens is 2. The summed E-state index contributed by atoms with van der Waals surface area (Å²) in [6, 6.07) is 12.6. The highest BCUT2D eigenvalue weighted by atomic mass is 35.5. The molecule has 27 heavy (non-hydrogen) atoms. The summed E-state index contributed by atoms with van der Waals surface area (Å²) in [6.07, 6.45) is 3.36. The monoisotopic (exact) mass is 403 g/mol. The summed E-state index contributed by atoms with van der Waals surface area (Å²) in [6.45, 7) is 1.93. The fourth-order valence-electron chi connectivity index (χ4n) is 3.63. The van der Waals surface area contributed by atoms with Gasteiger partial charge in [-0.1, -0.05) is 35.3 Å². The van der Waals surface area contributed by atoms with Crippen molar-refractivity contribution >= 4 is 34.7 Å². The molecule has 4 rings (SSSR count). The van der Waals surface area contributed by atoms with Gasteiger partial charge in [0.1, 0.15) is 11.5 Å². The number of hydrogen-bond donors (Lipinski definition) is 1. The van der Waals surface area contributed by atoms with Gasteiger partial charge < -0.3 is 10.1 Å². The SMILES string of the molecule is O=c1cc(NCC2(c3ccc(Cl)cc3Cl)CCOCC2)nc2ccccn12. The van der Waals surface area contributed by atoms with E-state index in [9.17, 15) is 4.79 Å². The summed E-state index contributed by atoms with van der Waals surface area (Å²) in [5, 5.41) is 4.62. The number of nitrogens with one attached hydrogen (secondary N) is 1. The standard InChI is InChI=1S/C20H19Cl2N3O2/c21-14-4-5-15(16(22)11-14)20(6-9-27-10-7-20)13-23-17-12-19(26)25-8-2-1-3-18(25)24-17/h1-5,8,11-12,23H,6-7,9-10,13H2. The third kappa shape index (κ3) is 3.68. The van der Waals surface area contributed by atoms with Gasteiger partial charge in [-0.3, -0.25) is 9.20 Å². The Morgan fingerprint density at radius 1 is 1.15 bits per heavy atom. The summed E-state index contributed by atoms with van der Waals surface area (Å²) in [5.41, 5.74) is 1.33. The highest BCUT2D eigenvalue weighted by molar-refractivity contribution is 6.35. The van der Waals surface area contributed by atoms with Crippen LogP contribution in [-0.4, -0.2) is 29.1 Å². The molecule has 3 aromatic rings. The Balaban J connectivity index is 1.66. The number of anilines is 1. The summed E-state index contributed by atoms with van der Waals surface area (Å²) in [4.78, 5) is 16.9. The zero-order valence-corrected chi connectivity index (χ0v) is 16.1. The molecule has 0 saturated carbocycles. The molecule has 1 N–H and O–H groups in total. The van der Waals surface area contributed by atoms with E-state index in [1.54, 1.807) is 12.3 Å². The first-order chi connectivity index (χ1) is 13.1. The fourth-order valence-corrected chi connectivity index (χ4v) is 4.24. The van der Waals surface area contributed by atoms with Crippen molar-refractivity contribution in [1.82, 2.24) is 9.38 Å². The Morgan fingerprint density at radius 2 is 1.96 bits per heavy atom. The maximum atomic E-state index is 12.3. The highest BCUT2D eigenvalue weighted by Gasteiger charge is 2.36. The average molecular weight is 404 g/mol. The van der Waals surface area contributed by atoms with Crippen molar-refractivity contribution in [2.24, 2.45) is 0 Å². The Bertz CT molecular complexity index is 1030. The Morgan fingerprint density at radius 3 is 2.74 bits per heavy atom. The molecule has 140 valence electrons. The lowest BCUT2D eigenvalue weighted by molar-refractivity contribution is 0.0544. The summed E-state index contributed by atoms with van der Waals surface area (Å²) >= 11 is 12.6. The number of nitrogens with zero attached hydrogens (tertiary/aromatic N) is 2. The van der Waals surface area contributed by atoms with Gasteiger partial charge in [0, 0.05) is 47.5 Å². The lowest BCUT2D eigenvalue weighted by atomic mass is 9.74. The summed E-state index contributed by atoms with van der Waals surface area (Å²) in [7, 11) is 0. The quantitative estimate of drug-likeness (QED) is 0.710. The van der Waals surface area contributed by atoms with Gasteiger partial charge in [-0.05, 0) is 42.7 Å². The van der Waals surface area contributed by atoms with Crippen LogP contribution in [0.1, 0.15) is 18.4 Å². The molecule has 0 radical (unpaired) electrons.